The first kappa shape index (κ1) is 21.1. The van der Waals surface area contributed by atoms with Crippen LogP contribution in [0.25, 0.3) is 0 Å². The highest BCUT2D eigenvalue weighted by molar-refractivity contribution is 5.88. The zero-order valence-corrected chi connectivity index (χ0v) is 16.5. The molecule has 2 aromatic rings. The number of nitrogens with zero attached hydrogens (tertiary/aromatic N) is 2. The van der Waals surface area contributed by atoms with Crippen LogP contribution < -0.4 is 14.9 Å². The van der Waals surface area contributed by atoms with Crippen molar-refractivity contribution < 1.29 is 28.9 Å². The third-order valence-electron chi connectivity index (χ3n) is 4.44. The van der Waals surface area contributed by atoms with Crippen LogP contribution in [0, 0.1) is 0 Å². The van der Waals surface area contributed by atoms with Gasteiger partial charge >= 0.3 is 5.97 Å². The lowest BCUT2D eigenvalue weighted by molar-refractivity contribution is -0.137. The van der Waals surface area contributed by atoms with Crippen molar-refractivity contribution in [3.8, 4) is 11.5 Å². The van der Waals surface area contributed by atoms with Crippen LogP contribution in [0.15, 0.2) is 47.6 Å². The molecule has 1 aliphatic rings. The molecule has 30 heavy (non-hydrogen) atoms. The number of carboxylic acid groups (broad SMARTS) is 1. The summed E-state index contributed by atoms with van der Waals surface area (Å²) in [6.45, 7) is 2.15. The third-order valence-corrected chi connectivity index (χ3v) is 4.44. The predicted octanol–water partition coefficient (Wildman–Crippen LogP) is 2.08. The van der Waals surface area contributed by atoms with Crippen LogP contribution in [0.2, 0.25) is 0 Å². The summed E-state index contributed by atoms with van der Waals surface area (Å²) < 4.78 is 16.2. The fourth-order valence-corrected chi connectivity index (χ4v) is 2.80. The third kappa shape index (κ3) is 5.71. The topological polar surface area (TPSA) is 110 Å². The highest BCUT2D eigenvalue weighted by Gasteiger charge is 2.18. The monoisotopic (exact) mass is 413 g/mol. The van der Waals surface area contributed by atoms with E-state index in [0.717, 1.165) is 5.56 Å². The van der Waals surface area contributed by atoms with Gasteiger partial charge in [0.25, 0.3) is 5.91 Å². The molecule has 158 valence electrons. The van der Waals surface area contributed by atoms with Crippen molar-refractivity contribution in [2.24, 2.45) is 5.10 Å². The Morgan fingerprint density at radius 2 is 1.90 bits per heavy atom. The number of methoxy groups -OCH3 is 1. The molecule has 0 aliphatic carbocycles. The lowest BCUT2D eigenvalue weighted by atomic mass is 10.2. The van der Waals surface area contributed by atoms with Gasteiger partial charge in [0.2, 0.25) is 0 Å². The normalized spacial score (nSPS) is 13.8. The number of carboxylic acids is 1. The fourth-order valence-electron chi connectivity index (χ4n) is 2.80. The molecule has 0 saturated carbocycles. The van der Waals surface area contributed by atoms with Gasteiger partial charge in [-0.05, 0) is 48.0 Å². The number of nitrogens with one attached hydrogen (secondary N) is 1. The first-order valence-corrected chi connectivity index (χ1v) is 9.35. The van der Waals surface area contributed by atoms with E-state index in [1.54, 1.807) is 41.4 Å². The minimum Gasteiger partial charge on any atom is -0.493 e. The highest BCUT2D eigenvalue weighted by atomic mass is 16.5. The molecule has 1 fully saturated rings. The maximum atomic E-state index is 12.2. The highest BCUT2D eigenvalue weighted by Crippen LogP contribution is 2.27. The number of hydrogen-bond donors (Lipinski definition) is 2. The van der Waals surface area contributed by atoms with Crippen molar-refractivity contribution in [2.45, 2.75) is 0 Å². The molecular formula is C21H23N3O6. The molecule has 0 unspecified atom stereocenters. The first-order valence-electron chi connectivity index (χ1n) is 9.35. The summed E-state index contributed by atoms with van der Waals surface area (Å²) >= 11 is 0. The second-order valence-corrected chi connectivity index (χ2v) is 6.44. The number of hydrogen-bond acceptors (Lipinski definition) is 7. The van der Waals surface area contributed by atoms with Gasteiger partial charge in [-0.2, -0.15) is 5.10 Å². The molecule has 9 heteroatoms. The van der Waals surface area contributed by atoms with E-state index in [-0.39, 0.29) is 18.1 Å². The molecule has 2 N–H and O–H groups in total. The van der Waals surface area contributed by atoms with Gasteiger partial charge in [0, 0.05) is 13.1 Å². The summed E-state index contributed by atoms with van der Waals surface area (Å²) in [6, 6.07) is 11.5. The molecular weight excluding hydrogens is 390 g/mol. The largest absolute Gasteiger partial charge is 0.493 e. The summed E-state index contributed by atoms with van der Waals surface area (Å²) in [5.74, 6) is -0.122. The van der Waals surface area contributed by atoms with Crippen molar-refractivity contribution in [3.63, 3.8) is 0 Å². The average Bonchev–Trinajstić information content (AvgIpc) is 2.78. The smallest absolute Gasteiger partial charge is 0.335 e. The summed E-state index contributed by atoms with van der Waals surface area (Å²) in [4.78, 5) is 24.8. The lowest BCUT2D eigenvalue weighted by Gasteiger charge is -2.26. The maximum absolute atomic E-state index is 12.2. The molecule has 1 heterocycles. The van der Waals surface area contributed by atoms with Gasteiger partial charge < -0.3 is 24.2 Å². The summed E-state index contributed by atoms with van der Waals surface area (Å²) in [5.41, 5.74) is 4.45. The minimum atomic E-state index is -0.980. The quantitative estimate of drug-likeness (QED) is 0.504. The Balaban J connectivity index is 1.57. The average molecular weight is 413 g/mol. The molecule has 3 rings (SSSR count). The number of morpholine rings is 1. The van der Waals surface area contributed by atoms with Crippen molar-refractivity contribution in [1.29, 1.82) is 0 Å². The van der Waals surface area contributed by atoms with E-state index in [2.05, 4.69) is 10.5 Å². The number of ether oxygens (including phenoxy) is 3. The molecule has 0 radical (unpaired) electrons. The van der Waals surface area contributed by atoms with Gasteiger partial charge in [0.05, 0.1) is 37.8 Å². The van der Waals surface area contributed by atoms with Crippen molar-refractivity contribution in [1.82, 2.24) is 4.90 Å². The van der Waals surface area contributed by atoms with E-state index in [1.165, 1.54) is 19.2 Å². The summed E-state index contributed by atoms with van der Waals surface area (Å²) in [6.07, 6.45) is 1.59. The molecule has 0 spiro atoms. The van der Waals surface area contributed by atoms with Crippen LogP contribution in [-0.4, -0.2) is 68.1 Å². The number of amides is 1. The van der Waals surface area contributed by atoms with Crippen molar-refractivity contribution in [3.05, 3.63) is 53.6 Å². The van der Waals surface area contributed by atoms with Crippen LogP contribution in [0.4, 0.5) is 5.69 Å². The number of rotatable bonds is 8. The predicted molar refractivity (Wildman–Crippen MR) is 111 cm³/mol. The zero-order valence-electron chi connectivity index (χ0n) is 16.5. The van der Waals surface area contributed by atoms with E-state index in [9.17, 15) is 9.59 Å². The second-order valence-electron chi connectivity index (χ2n) is 6.44. The fraction of sp³-hybridized carbons (Fsp3) is 0.286. The zero-order chi connectivity index (χ0) is 21.3. The minimum absolute atomic E-state index is 0.0717. The molecule has 0 bridgehead atoms. The van der Waals surface area contributed by atoms with Gasteiger partial charge in [-0.15, -0.1) is 0 Å². The molecule has 1 aliphatic heterocycles. The van der Waals surface area contributed by atoms with Crippen LogP contribution in [0.1, 0.15) is 15.9 Å². The number of benzene rings is 2. The van der Waals surface area contributed by atoms with E-state index in [1.807, 2.05) is 0 Å². The summed E-state index contributed by atoms with van der Waals surface area (Å²) in [7, 11) is 1.52. The van der Waals surface area contributed by atoms with Crippen molar-refractivity contribution in [2.75, 3.05) is 45.4 Å². The molecule has 1 amide bonds. The van der Waals surface area contributed by atoms with Gasteiger partial charge in [-0.25, -0.2) is 4.79 Å². The molecule has 1 saturated heterocycles. The molecule has 9 nitrogen and oxygen atoms in total. The van der Waals surface area contributed by atoms with Gasteiger partial charge in [0.1, 0.15) is 0 Å². The second kappa shape index (κ2) is 10.3. The van der Waals surface area contributed by atoms with Gasteiger partial charge in [-0.1, -0.05) is 0 Å². The number of hydrazone groups is 1. The standard InChI is InChI=1S/C21H23N3O6/c1-28-19-12-15(13-22-23-17-5-3-16(4-6-17)21(26)27)2-7-18(19)30-14-20(25)24-8-10-29-11-9-24/h2-7,12-13,23H,8-11,14H2,1H3,(H,26,27)/b22-13-. The van der Waals surface area contributed by atoms with E-state index in [0.29, 0.717) is 43.5 Å². The van der Waals surface area contributed by atoms with Crippen LogP contribution in [-0.2, 0) is 9.53 Å². The Labute approximate surface area is 173 Å². The Kier molecular flexibility index (Phi) is 7.23. The number of aromatic carboxylic acids is 1. The SMILES string of the molecule is COc1cc(/C=N\Nc2ccc(C(=O)O)cc2)ccc1OCC(=O)N1CCOCC1. The Morgan fingerprint density at radius 1 is 1.17 bits per heavy atom. The molecule has 2 aromatic carbocycles. The lowest BCUT2D eigenvalue weighted by Crippen LogP contribution is -2.43. The first-order chi connectivity index (χ1) is 14.6. The van der Waals surface area contributed by atoms with Crippen molar-refractivity contribution >= 4 is 23.8 Å². The van der Waals surface area contributed by atoms with Gasteiger partial charge in [0.15, 0.2) is 18.1 Å². The van der Waals surface area contributed by atoms with E-state index < -0.39 is 5.97 Å². The molecule has 0 atom stereocenters. The Hall–Kier alpha value is -3.59. The number of carbonyl (C=O) groups is 2. The van der Waals surface area contributed by atoms with Crippen LogP contribution in [0.5, 0.6) is 11.5 Å². The van der Waals surface area contributed by atoms with Crippen LogP contribution in [0.3, 0.4) is 0 Å². The van der Waals surface area contributed by atoms with Gasteiger partial charge in [-0.3, -0.25) is 10.2 Å². The van der Waals surface area contributed by atoms with Crippen LogP contribution >= 0.6 is 0 Å². The number of carbonyl (C=O) groups excluding carboxylic acids is 1. The van der Waals surface area contributed by atoms with E-state index >= 15 is 0 Å². The number of anilines is 1. The summed E-state index contributed by atoms with van der Waals surface area (Å²) in [5, 5.41) is 13.0. The molecule has 0 aromatic heterocycles. The maximum Gasteiger partial charge on any atom is 0.335 e. The Morgan fingerprint density at radius 3 is 2.57 bits per heavy atom. The Bertz CT molecular complexity index is 907. The van der Waals surface area contributed by atoms with E-state index in [4.69, 9.17) is 19.3 Å².